The molecular weight excluding hydrogens is 713 g/mol. The van der Waals surface area contributed by atoms with Gasteiger partial charge in [-0.1, -0.05) is 30.3 Å². The van der Waals surface area contributed by atoms with Crippen LogP contribution in [0.4, 0.5) is 79.4 Å². The van der Waals surface area contributed by atoms with Crippen molar-refractivity contribution in [2.75, 3.05) is 13.1 Å². The molecule has 0 aromatic heterocycles. The van der Waals surface area contributed by atoms with Crippen molar-refractivity contribution in [1.29, 1.82) is 0 Å². The fraction of sp³-hybridized carbons (Fsp3) is 0.680. The molecule has 6 nitrogen and oxygen atoms in total. The van der Waals surface area contributed by atoms with E-state index in [1.54, 1.807) is 35.6 Å². The van der Waals surface area contributed by atoms with E-state index in [-0.39, 0.29) is 32.4 Å². The van der Waals surface area contributed by atoms with E-state index in [0.717, 1.165) is 0 Å². The van der Waals surface area contributed by atoms with Crippen LogP contribution in [-0.2, 0) is 16.1 Å². The maximum Gasteiger partial charge on any atom is 0.460 e. The van der Waals surface area contributed by atoms with Crippen LogP contribution in [0.15, 0.2) is 30.3 Å². The largest absolute Gasteiger partial charge is 0.460 e. The van der Waals surface area contributed by atoms with Crippen LogP contribution in [-0.4, -0.2) is 78.8 Å². The fourth-order valence-electron chi connectivity index (χ4n) is 3.59. The second-order valence-corrected chi connectivity index (χ2v) is 10.1. The number of nitrogens with one attached hydrogen (secondary N) is 2. The standard InChI is InChI=1S/C25H26F17N3O3/c26-18(27,19(28,29)20(30,31)21(32,33)22(34,35)23(36,37)24(38,39)25(40,41)42)10-6-12-44-16(46)15(43)9-4-5-11-45-17(47)48-13-14-7-2-1-3-8-14/h1-3,7-8,15H,4-6,9-13,43H2,(H,44,46)(H,45,47)/t15-/m0/s1. The van der Waals surface area contributed by atoms with Gasteiger partial charge in [0, 0.05) is 19.5 Å². The third-order valence-electron chi connectivity index (χ3n) is 6.51. The van der Waals surface area contributed by atoms with Gasteiger partial charge in [0.05, 0.1) is 6.04 Å². The molecule has 0 spiro atoms. The minimum absolute atomic E-state index is 0.0298. The molecule has 0 fully saturated rings. The molecule has 1 aromatic carbocycles. The molecular formula is C25H26F17N3O3. The monoisotopic (exact) mass is 739 g/mol. The summed E-state index contributed by atoms with van der Waals surface area (Å²) in [5, 5.41) is 4.14. The third kappa shape index (κ3) is 8.65. The normalized spacial score (nSPS) is 14.8. The van der Waals surface area contributed by atoms with E-state index in [1.807, 2.05) is 0 Å². The first-order chi connectivity index (χ1) is 21.5. The summed E-state index contributed by atoms with van der Waals surface area (Å²) in [7, 11) is 0. The Morgan fingerprint density at radius 3 is 1.58 bits per heavy atom. The lowest BCUT2D eigenvalue weighted by Crippen LogP contribution is -2.74. The van der Waals surface area contributed by atoms with Gasteiger partial charge in [0.15, 0.2) is 0 Å². The van der Waals surface area contributed by atoms with Gasteiger partial charge in [-0.05, 0) is 31.2 Å². The van der Waals surface area contributed by atoms with Crippen molar-refractivity contribution < 1.29 is 89.0 Å². The number of hydrogen-bond acceptors (Lipinski definition) is 4. The Morgan fingerprint density at radius 1 is 0.625 bits per heavy atom. The molecule has 0 saturated carbocycles. The van der Waals surface area contributed by atoms with Crippen molar-refractivity contribution in [3.8, 4) is 0 Å². The van der Waals surface area contributed by atoms with Gasteiger partial charge in [0.2, 0.25) is 5.91 Å². The Balaban J connectivity index is 2.69. The topological polar surface area (TPSA) is 93.4 Å². The Hall–Kier alpha value is -3.27. The van der Waals surface area contributed by atoms with Crippen LogP contribution >= 0.6 is 0 Å². The summed E-state index contributed by atoms with van der Waals surface area (Å²) < 4.78 is 231. The van der Waals surface area contributed by atoms with Crippen LogP contribution < -0.4 is 16.4 Å². The second-order valence-electron chi connectivity index (χ2n) is 10.1. The van der Waals surface area contributed by atoms with Crippen LogP contribution in [0.2, 0.25) is 0 Å². The van der Waals surface area contributed by atoms with Gasteiger partial charge in [0.25, 0.3) is 0 Å². The van der Waals surface area contributed by atoms with E-state index < -0.39 is 85.1 Å². The highest BCUT2D eigenvalue weighted by Gasteiger charge is 2.95. The molecule has 0 bridgehead atoms. The first-order valence-corrected chi connectivity index (χ1v) is 13.2. The lowest BCUT2D eigenvalue weighted by molar-refractivity contribution is -0.461. The quantitative estimate of drug-likeness (QED) is 0.109. The zero-order valence-corrected chi connectivity index (χ0v) is 23.8. The Morgan fingerprint density at radius 2 is 1.08 bits per heavy atom. The van der Waals surface area contributed by atoms with Crippen molar-refractivity contribution in [1.82, 2.24) is 10.6 Å². The summed E-state index contributed by atoms with van der Waals surface area (Å²) in [5.74, 6) is -57.9. The lowest BCUT2D eigenvalue weighted by atomic mass is 9.88. The summed E-state index contributed by atoms with van der Waals surface area (Å²) in [6, 6.07) is 7.14. The zero-order chi connectivity index (χ0) is 37.6. The molecule has 1 aromatic rings. The maximum atomic E-state index is 13.9. The number of halogens is 17. The number of alkyl halides is 17. The van der Waals surface area contributed by atoms with Gasteiger partial charge in [0.1, 0.15) is 6.61 Å². The van der Waals surface area contributed by atoms with Crippen molar-refractivity contribution in [2.45, 2.75) is 92.4 Å². The molecule has 48 heavy (non-hydrogen) atoms. The summed E-state index contributed by atoms with van der Waals surface area (Å²) in [4.78, 5) is 23.6. The van der Waals surface area contributed by atoms with Crippen LogP contribution in [0.5, 0.6) is 0 Å². The van der Waals surface area contributed by atoms with Crippen molar-refractivity contribution >= 4 is 12.0 Å². The number of carbonyl (C=O) groups is 2. The predicted octanol–water partition coefficient (Wildman–Crippen LogP) is 7.32. The van der Waals surface area contributed by atoms with Crippen LogP contribution in [0.25, 0.3) is 0 Å². The minimum atomic E-state index is -8.69. The minimum Gasteiger partial charge on any atom is -0.445 e. The molecule has 0 radical (unpaired) electrons. The molecule has 0 aliphatic heterocycles. The predicted molar refractivity (Wildman–Crippen MR) is 129 cm³/mol. The van der Waals surface area contributed by atoms with E-state index in [2.05, 4.69) is 5.32 Å². The number of alkyl carbamates (subject to hydrolysis) is 1. The van der Waals surface area contributed by atoms with Gasteiger partial charge in [-0.2, -0.15) is 74.6 Å². The molecule has 23 heteroatoms. The number of ether oxygens (including phenoxy) is 1. The second kappa shape index (κ2) is 15.1. The van der Waals surface area contributed by atoms with E-state index in [9.17, 15) is 84.2 Å². The zero-order valence-electron chi connectivity index (χ0n) is 23.8. The van der Waals surface area contributed by atoms with E-state index >= 15 is 0 Å². The number of unbranched alkanes of at least 4 members (excludes halogenated alkanes) is 1. The summed E-state index contributed by atoms with van der Waals surface area (Å²) >= 11 is 0. The van der Waals surface area contributed by atoms with Crippen LogP contribution in [0.3, 0.4) is 0 Å². The number of nitrogens with two attached hydrogens (primary N) is 1. The molecule has 0 saturated heterocycles. The van der Waals surface area contributed by atoms with Crippen molar-refractivity contribution in [2.24, 2.45) is 5.73 Å². The first-order valence-electron chi connectivity index (χ1n) is 13.2. The smallest absolute Gasteiger partial charge is 0.445 e. The molecule has 4 N–H and O–H groups in total. The molecule has 1 atom stereocenters. The van der Waals surface area contributed by atoms with Gasteiger partial charge in [-0.25, -0.2) is 4.79 Å². The Labute approximate surface area is 259 Å². The van der Waals surface area contributed by atoms with Crippen molar-refractivity contribution in [3.63, 3.8) is 0 Å². The fourth-order valence-corrected chi connectivity index (χ4v) is 3.59. The van der Waals surface area contributed by atoms with Gasteiger partial charge >= 0.3 is 53.7 Å². The number of carbonyl (C=O) groups excluding carboxylic acids is 2. The van der Waals surface area contributed by atoms with E-state index in [1.165, 1.54) is 0 Å². The van der Waals surface area contributed by atoms with Crippen LogP contribution in [0, 0.1) is 0 Å². The SMILES string of the molecule is N[C@@H](CCCCNC(=O)OCc1ccccc1)C(=O)NCCCC(F)(F)C(F)(F)C(F)(F)C(F)(F)C(F)(F)C(F)(F)C(F)(F)C(F)(F)F. The third-order valence-corrected chi connectivity index (χ3v) is 6.51. The van der Waals surface area contributed by atoms with E-state index in [4.69, 9.17) is 10.5 Å². The number of benzene rings is 1. The maximum absolute atomic E-state index is 13.9. The van der Waals surface area contributed by atoms with Gasteiger partial charge in [-0.15, -0.1) is 0 Å². The highest BCUT2D eigenvalue weighted by molar-refractivity contribution is 5.81. The van der Waals surface area contributed by atoms with Crippen molar-refractivity contribution in [3.05, 3.63) is 35.9 Å². The number of hydrogen-bond donors (Lipinski definition) is 3. The molecule has 0 aliphatic carbocycles. The average molecular weight is 739 g/mol. The highest BCUT2D eigenvalue weighted by atomic mass is 19.4. The Kier molecular flexibility index (Phi) is 13.4. The molecule has 0 unspecified atom stereocenters. The molecule has 1 rings (SSSR count). The molecule has 0 heterocycles. The first kappa shape index (κ1) is 42.8. The summed E-state index contributed by atoms with van der Waals surface area (Å²) in [6.45, 7) is -1.11. The average Bonchev–Trinajstić information content (AvgIpc) is 2.97. The van der Waals surface area contributed by atoms with E-state index in [0.29, 0.717) is 5.56 Å². The Bertz CT molecular complexity index is 1210. The lowest BCUT2D eigenvalue weighted by Gasteiger charge is -2.42. The molecule has 278 valence electrons. The molecule has 2 amide bonds. The number of amides is 2. The molecule has 0 aliphatic rings. The summed E-state index contributed by atoms with van der Waals surface area (Å²) in [6.07, 6.45) is -12.5. The van der Waals surface area contributed by atoms with Gasteiger partial charge in [-0.3, -0.25) is 4.79 Å². The summed E-state index contributed by atoms with van der Waals surface area (Å²) in [5.41, 5.74) is 6.22. The number of rotatable bonds is 18. The van der Waals surface area contributed by atoms with Crippen LogP contribution in [0.1, 0.15) is 37.7 Å². The highest BCUT2D eigenvalue weighted by Crippen LogP contribution is 2.64. The van der Waals surface area contributed by atoms with Gasteiger partial charge < -0.3 is 21.1 Å².